The normalized spacial score (nSPS) is 19.2. The number of aryl methyl sites for hydroxylation is 1. The molecule has 1 aliphatic rings. The quantitative estimate of drug-likeness (QED) is 0.414. The molecule has 3 aromatic rings. The molecule has 0 saturated heterocycles. The zero-order valence-corrected chi connectivity index (χ0v) is 15.8. The molecule has 0 saturated carbocycles. The number of hydrogen-bond acceptors (Lipinski definition) is 0. The van der Waals surface area contributed by atoms with E-state index in [0.717, 1.165) is 24.8 Å². The monoisotopic (exact) mass is 364 g/mol. The van der Waals surface area contributed by atoms with Crippen molar-refractivity contribution in [2.45, 2.75) is 51.4 Å². The summed E-state index contributed by atoms with van der Waals surface area (Å²) in [6.07, 6.45) is 6.94. The molecule has 140 valence electrons. The van der Waals surface area contributed by atoms with Crippen molar-refractivity contribution in [1.82, 2.24) is 0 Å². The van der Waals surface area contributed by atoms with E-state index in [1.807, 2.05) is 0 Å². The van der Waals surface area contributed by atoms with Crippen LogP contribution < -0.4 is 0 Å². The van der Waals surface area contributed by atoms with Gasteiger partial charge in [-0.25, -0.2) is 8.78 Å². The number of rotatable bonds is 5. The lowest BCUT2D eigenvalue weighted by Crippen LogP contribution is -2.22. The molecule has 0 nitrogen and oxygen atoms in total. The molecule has 0 aliphatic heterocycles. The Morgan fingerprint density at radius 1 is 0.926 bits per heavy atom. The lowest BCUT2D eigenvalue weighted by molar-refractivity contribution is 0.368. The molecule has 0 spiro atoms. The van der Waals surface area contributed by atoms with Crippen molar-refractivity contribution in [2.24, 2.45) is 5.92 Å². The molecule has 0 unspecified atom stereocenters. The minimum atomic E-state index is -0.768. The van der Waals surface area contributed by atoms with Crippen LogP contribution in [0.2, 0.25) is 0 Å². The van der Waals surface area contributed by atoms with Crippen LogP contribution in [0.15, 0.2) is 54.6 Å². The predicted molar refractivity (Wildman–Crippen MR) is 108 cm³/mol. The first-order valence-corrected chi connectivity index (χ1v) is 10.1. The fraction of sp³-hybridized carbons (Fsp3) is 0.360. The molecule has 0 heterocycles. The Kier molecular flexibility index (Phi) is 5.24. The Bertz CT molecular complexity index is 944. The molecular weight excluding hydrogens is 338 g/mol. The van der Waals surface area contributed by atoms with Crippen molar-refractivity contribution in [3.63, 3.8) is 0 Å². The zero-order valence-electron chi connectivity index (χ0n) is 15.8. The largest absolute Gasteiger partial charge is 0.204 e. The van der Waals surface area contributed by atoms with Gasteiger partial charge in [-0.3, -0.25) is 0 Å². The summed E-state index contributed by atoms with van der Waals surface area (Å²) in [6, 6.07) is 17.4. The summed E-state index contributed by atoms with van der Waals surface area (Å²) in [6.45, 7) is 2.22. The Morgan fingerprint density at radius 3 is 2.59 bits per heavy atom. The second-order valence-corrected chi connectivity index (χ2v) is 7.80. The first-order chi connectivity index (χ1) is 13.2. The summed E-state index contributed by atoms with van der Waals surface area (Å²) in [4.78, 5) is 0. The van der Waals surface area contributed by atoms with Crippen LogP contribution in [0.4, 0.5) is 8.78 Å². The minimum Gasteiger partial charge on any atom is -0.204 e. The molecule has 0 radical (unpaired) electrons. The third kappa shape index (κ3) is 3.50. The summed E-state index contributed by atoms with van der Waals surface area (Å²) in [5.41, 5.74) is 3.59. The maximum atomic E-state index is 14.0. The number of halogens is 2. The summed E-state index contributed by atoms with van der Waals surface area (Å²) in [7, 11) is 0. The van der Waals surface area contributed by atoms with Crippen molar-refractivity contribution < 1.29 is 8.78 Å². The average molecular weight is 364 g/mol. The number of hydrogen-bond donors (Lipinski definition) is 0. The van der Waals surface area contributed by atoms with Gasteiger partial charge >= 0.3 is 0 Å². The van der Waals surface area contributed by atoms with Gasteiger partial charge in [-0.2, -0.15) is 0 Å². The second-order valence-electron chi connectivity index (χ2n) is 7.80. The maximum Gasteiger partial charge on any atom is 0.159 e. The summed E-state index contributed by atoms with van der Waals surface area (Å²) in [5, 5.41) is 2.55. The maximum absolute atomic E-state index is 14.0. The topological polar surface area (TPSA) is 0 Å². The van der Waals surface area contributed by atoms with Gasteiger partial charge in [0.1, 0.15) is 0 Å². The van der Waals surface area contributed by atoms with Gasteiger partial charge in [0.15, 0.2) is 11.6 Å². The lowest BCUT2D eigenvalue weighted by atomic mass is 9.69. The van der Waals surface area contributed by atoms with Crippen LogP contribution in [-0.2, 0) is 6.42 Å². The molecule has 0 aromatic heterocycles. The first kappa shape index (κ1) is 18.2. The molecule has 2 atom stereocenters. The van der Waals surface area contributed by atoms with E-state index in [-0.39, 0.29) is 5.92 Å². The van der Waals surface area contributed by atoms with Gasteiger partial charge in [0.05, 0.1) is 0 Å². The van der Waals surface area contributed by atoms with E-state index < -0.39 is 11.6 Å². The number of fused-ring (bicyclic) bond motifs is 3. The fourth-order valence-corrected chi connectivity index (χ4v) is 4.80. The zero-order chi connectivity index (χ0) is 18.8. The van der Waals surface area contributed by atoms with Crippen LogP contribution in [-0.4, -0.2) is 0 Å². The second kappa shape index (κ2) is 7.80. The summed E-state index contributed by atoms with van der Waals surface area (Å²) in [5.74, 6) is -0.885. The molecule has 4 rings (SSSR count). The van der Waals surface area contributed by atoms with Gasteiger partial charge < -0.3 is 0 Å². The minimum absolute atomic E-state index is 0.144. The van der Waals surface area contributed by atoms with Crippen molar-refractivity contribution >= 4 is 10.8 Å². The average Bonchev–Trinajstić information content (AvgIpc) is 2.70. The van der Waals surface area contributed by atoms with Crippen molar-refractivity contribution in [3.8, 4) is 0 Å². The van der Waals surface area contributed by atoms with E-state index in [4.69, 9.17) is 0 Å². The molecule has 0 bridgehead atoms. The Labute approximate surface area is 160 Å². The van der Waals surface area contributed by atoms with Gasteiger partial charge in [-0.15, -0.1) is 0 Å². The Morgan fingerprint density at radius 2 is 1.78 bits per heavy atom. The van der Waals surface area contributed by atoms with Gasteiger partial charge in [-0.05, 0) is 64.8 Å². The van der Waals surface area contributed by atoms with Crippen molar-refractivity contribution in [3.05, 3.63) is 82.9 Å². The van der Waals surface area contributed by atoms with Crippen LogP contribution in [0.5, 0.6) is 0 Å². The highest BCUT2D eigenvalue weighted by Gasteiger charge is 2.31. The van der Waals surface area contributed by atoms with E-state index >= 15 is 0 Å². The molecule has 3 aromatic carbocycles. The van der Waals surface area contributed by atoms with Crippen molar-refractivity contribution in [1.29, 1.82) is 0 Å². The molecular formula is C25H26F2. The standard InChI is InChI=1S/C25H26F2/c1-2-3-4-8-18-11-13-21-20-9-6-5-7-17(20)10-14-22(21)25(18)19-12-15-23(26)24(27)16-19/h5-7,9-10,12,14-16,18,25H,2-4,8,11,13H2,1H3/t18-,25-/m1/s1. The third-order valence-electron chi connectivity index (χ3n) is 6.13. The van der Waals surface area contributed by atoms with E-state index in [9.17, 15) is 8.78 Å². The molecule has 0 amide bonds. The summed E-state index contributed by atoms with van der Waals surface area (Å²) < 4.78 is 27.6. The van der Waals surface area contributed by atoms with Crippen LogP contribution in [0.3, 0.4) is 0 Å². The van der Waals surface area contributed by atoms with Gasteiger partial charge in [0, 0.05) is 5.92 Å². The molecule has 1 aliphatic carbocycles. The van der Waals surface area contributed by atoms with E-state index in [1.165, 1.54) is 53.3 Å². The predicted octanol–water partition coefficient (Wildman–Crippen LogP) is 7.39. The number of benzene rings is 3. The van der Waals surface area contributed by atoms with Crippen molar-refractivity contribution in [2.75, 3.05) is 0 Å². The smallest absolute Gasteiger partial charge is 0.159 e. The molecule has 2 heteroatoms. The van der Waals surface area contributed by atoms with Gasteiger partial charge in [-0.1, -0.05) is 68.7 Å². The molecule has 27 heavy (non-hydrogen) atoms. The SMILES string of the molecule is CCCCC[C@@H]1CCc2c(ccc3ccccc23)[C@H]1c1ccc(F)c(F)c1. The van der Waals surface area contributed by atoms with Crippen LogP contribution in [0.1, 0.15) is 61.6 Å². The third-order valence-corrected chi connectivity index (χ3v) is 6.13. The first-order valence-electron chi connectivity index (χ1n) is 10.1. The van der Waals surface area contributed by atoms with Crippen LogP contribution in [0, 0.1) is 17.6 Å². The summed E-state index contributed by atoms with van der Waals surface area (Å²) >= 11 is 0. The highest BCUT2D eigenvalue weighted by Crippen LogP contribution is 2.45. The molecule has 0 fully saturated rings. The van der Waals surface area contributed by atoms with Crippen LogP contribution >= 0.6 is 0 Å². The Balaban J connectivity index is 1.81. The van der Waals surface area contributed by atoms with Gasteiger partial charge in [0.25, 0.3) is 0 Å². The van der Waals surface area contributed by atoms with Crippen LogP contribution in [0.25, 0.3) is 10.8 Å². The van der Waals surface area contributed by atoms with Gasteiger partial charge in [0.2, 0.25) is 0 Å². The van der Waals surface area contributed by atoms with E-state index in [2.05, 4.69) is 43.3 Å². The lowest BCUT2D eigenvalue weighted by Gasteiger charge is -2.35. The van der Waals surface area contributed by atoms with E-state index in [1.54, 1.807) is 6.07 Å². The molecule has 0 N–H and O–H groups in total. The highest BCUT2D eigenvalue weighted by molar-refractivity contribution is 5.87. The fourth-order valence-electron chi connectivity index (χ4n) is 4.80. The highest BCUT2D eigenvalue weighted by atomic mass is 19.2. The Hall–Kier alpha value is -2.22. The van der Waals surface area contributed by atoms with E-state index in [0.29, 0.717) is 5.92 Å². The number of unbranched alkanes of at least 4 members (excludes halogenated alkanes) is 2.